The van der Waals surface area contributed by atoms with Gasteiger partial charge in [-0.05, 0) is 39.0 Å². The van der Waals surface area contributed by atoms with Crippen molar-refractivity contribution in [3.05, 3.63) is 52.0 Å². The predicted octanol–water partition coefficient (Wildman–Crippen LogP) is 6.76. The van der Waals surface area contributed by atoms with Crippen molar-refractivity contribution < 1.29 is 27.4 Å². The molecular formula is C23H21Cl2F3N4O3. The average molecular weight is 529 g/mol. The van der Waals surface area contributed by atoms with Crippen LogP contribution in [-0.4, -0.2) is 46.3 Å². The van der Waals surface area contributed by atoms with Gasteiger partial charge in [0.25, 0.3) is 0 Å². The highest BCUT2D eigenvalue weighted by molar-refractivity contribution is 6.42. The molecule has 1 amide bonds. The third-order valence-electron chi connectivity index (χ3n) is 5.24. The summed E-state index contributed by atoms with van der Waals surface area (Å²) < 4.78 is 51.0. The first-order chi connectivity index (χ1) is 16.4. The molecular weight excluding hydrogens is 508 g/mol. The minimum absolute atomic E-state index is 0.0219. The highest BCUT2D eigenvalue weighted by atomic mass is 35.5. The first kappa shape index (κ1) is 25.1. The van der Waals surface area contributed by atoms with Crippen LogP contribution in [0.2, 0.25) is 10.0 Å². The molecule has 12 heteroatoms. The molecule has 35 heavy (non-hydrogen) atoms. The Morgan fingerprint density at radius 1 is 1.20 bits per heavy atom. The zero-order valence-electron chi connectivity index (χ0n) is 18.9. The number of hydrogen-bond acceptors (Lipinski definition) is 6. The number of nitrogens with one attached hydrogen (secondary N) is 1. The molecule has 4 rings (SSSR count). The molecule has 0 spiro atoms. The second kappa shape index (κ2) is 9.58. The number of hydrogen-bond donors (Lipinski definition) is 1. The number of likely N-dealkylation sites (tertiary alicyclic amines) is 1. The number of ether oxygens (including phenoxy) is 2. The van der Waals surface area contributed by atoms with E-state index in [-0.39, 0.29) is 46.3 Å². The van der Waals surface area contributed by atoms with Gasteiger partial charge in [0, 0.05) is 36.0 Å². The second-order valence-electron chi connectivity index (χ2n) is 8.94. The number of alkyl halides is 2. The maximum absolute atomic E-state index is 14.6. The number of amides is 1. The Morgan fingerprint density at radius 2 is 1.91 bits per heavy atom. The molecule has 2 heterocycles. The van der Waals surface area contributed by atoms with Gasteiger partial charge in [0.15, 0.2) is 5.82 Å². The van der Waals surface area contributed by atoms with E-state index < -0.39 is 24.1 Å². The van der Waals surface area contributed by atoms with Gasteiger partial charge in [0.2, 0.25) is 0 Å². The summed E-state index contributed by atoms with van der Waals surface area (Å²) in [5.41, 5.74) is 0.0941. The van der Waals surface area contributed by atoms with Crippen LogP contribution in [0.15, 0.2) is 30.6 Å². The van der Waals surface area contributed by atoms with E-state index in [1.54, 1.807) is 26.8 Å². The van der Waals surface area contributed by atoms with E-state index in [0.717, 1.165) is 0 Å². The Labute approximate surface area is 209 Å². The van der Waals surface area contributed by atoms with E-state index in [9.17, 15) is 18.0 Å². The van der Waals surface area contributed by atoms with Crippen molar-refractivity contribution in [3.8, 4) is 5.75 Å². The van der Waals surface area contributed by atoms with Crippen molar-refractivity contribution in [2.24, 2.45) is 0 Å². The fraction of sp³-hybridized carbons (Fsp3) is 0.348. The lowest BCUT2D eigenvalue weighted by atomic mass is 9.90. The molecule has 0 aliphatic carbocycles. The molecule has 0 saturated carbocycles. The maximum atomic E-state index is 14.6. The van der Waals surface area contributed by atoms with E-state index in [4.69, 9.17) is 32.7 Å². The van der Waals surface area contributed by atoms with Gasteiger partial charge in [-0.2, -0.15) is 8.78 Å². The summed E-state index contributed by atoms with van der Waals surface area (Å²) in [6.07, 6.45) is 0.714. The van der Waals surface area contributed by atoms with Gasteiger partial charge in [0.1, 0.15) is 23.5 Å². The topological polar surface area (TPSA) is 76.6 Å². The molecule has 0 atom stereocenters. The number of aromatic nitrogens is 2. The second-order valence-corrected chi connectivity index (χ2v) is 9.72. The minimum atomic E-state index is -3.06. The Morgan fingerprint density at radius 3 is 2.57 bits per heavy atom. The lowest BCUT2D eigenvalue weighted by Crippen LogP contribution is -2.50. The molecule has 2 aromatic carbocycles. The van der Waals surface area contributed by atoms with Gasteiger partial charge < -0.3 is 19.7 Å². The van der Waals surface area contributed by atoms with Crippen molar-refractivity contribution in [2.45, 2.75) is 38.9 Å². The van der Waals surface area contributed by atoms with Crippen LogP contribution in [0.5, 0.6) is 5.75 Å². The first-order valence-corrected chi connectivity index (χ1v) is 11.3. The molecule has 1 saturated heterocycles. The number of carbonyl (C=O) groups is 1. The summed E-state index contributed by atoms with van der Waals surface area (Å²) >= 11 is 11.8. The Balaban J connectivity index is 1.68. The number of fused-ring (bicyclic) bond motifs is 1. The van der Waals surface area contributed by atoms with Crippen molar-refractivity contribution in [3.63, 3.8) is 0 Å². The Bertz CT molecular complexity index is 1280. The monoisotopic (exact) mass is 528 g/mol. The summed E-state index contributed by atoms with van der Waals surface area (Å²) in [6.45, 7) is 2.70. The number of nitrogens with zero attached hydrogens (tertiary/aromatic N) is 3. The quantitative estimate of drug-likeness (QED) is 0.369. The molecule has 1 fully saturated rings. The fourth-order valence-corrected chi connectivity index (χ4v) is 3.93. The van der Waals surface area contributed by atoms with Crippen LogP contribution in [0.3, 0.4) is 0 Å². The summed E-state index contributed by atoms with van der Waals surface area (Å²) in [7, 11) is 0. The van der Waals surface area contributed by atoms with E-state index >= 15 is 0 Å². The number of halogens is 5. The van der Waals surface area contributed by atoms with Crippen LogP contribution < -0.4 is 10.1 Å². The highest BCUT2D eigenvalue weighted by Gasteiger charge is 2.36. The van der Waals surface area contributed by atoms with Crippen molar-refractivity contribution in [1.29, 1.82) is 0 Å². The standard InChI is InChI=1S/C23H21Cl2F3N4O3/c1-23(2,3)35-22(33)32-8-11(9-32)12-6-13-16(7-17(12)34-21(27)28)29-10-30-20(13)31-15-5-4-14(24)18(25)19(15)26/h4-7,10-11,21H,8-9H2,1-3H3,(H,29,30,31). The van der Waals surface area contributed by atoms with Crippen LogP contribution in [0, 0.1) is 5.82 Å². The van der Waals surface area contributed by atoms with Crippen LogP contribution in [0.4, 0.5) is 29.5 Å². The molecule has 1 aliphatic rings. The van der Waals surface area contributed by atoms with E-state index in [1.807, 2.05) is 0 Å². The first-order valence-electron chi connectivity index (χ1n) is 10.5. The van der Waals surface area contributed by atoms with Gasteiger partial charge in [-0.1, -0.05) is 23.2 Å². The van der Waals surface area contributed by atoms with Crippen molar-refractivity contribution >= 4 is 51.7 Å². The Hall–Kier alpha value is -2.98. The highest BCUT2D eigenvalue weighted by Crippen LogP contribution is 2.39. The summed E-state index contributed by atoms with van der Waals surface area (Å²) in [6, 6.07) is 5.79. The smallest absolute Gasteiger partial charge is 0.410 e. The maximum Gasteiger partial charge on any atom is 0.410 e. The average Bonchev–Trinajstić information content (AvgIpc) is 2.72. The third kappa shape index (κ3) is 5.48. The van der Waals surface area contributed by atoms with E-state index in [2.05, 4.69) is 15.3 Å². The van der Waals surface area contributed by atoms with E-state index in [1.165, 1.54) is 29.4 Å². The summed E-state index contributed by atoms with van der Waals surface area (Å²) in [5.74, 6) is -0.904. The molecule has 0 radical (unpaired) electrons. The number of anilines is 2. The molecule has 0 bridgehead atoms. The number of rotatable bonds is 5. The third-order valence-corrected chi connectivity index (χ3v) is 6.03. The Kier molecular flexibility index (Phi) is 6.88. The van der Waals surface area contributed by atoms with Crippen LogP contribution >= 0.6 is 23.2 Å². The number of benzene rings is 2. The lowest BCUT2D eigenvalue weighted by molar-refractivity contribution is -0.0513. The fourth-order valence-electron chi connectivity index (χ4n) is 3.62. The molecule has 186 valence electrons. The summed E-state index contributed by atoms with van der Waals surface area (Å²) in [4.78, 5) is 22.1. The molecule has 0 unspecified atom stereocenters. The molecule has 7 nitrogen and oxygen atoms in total. The molecule has 1 N–H and O–H groups in total. The SMILES string of the molecule is CC(C)(C)OC(=O)N1CC(c2cc3c(Nc4ccc(Cl)c(Cl)c4F)ncnc3cc2OC(F)F)C1. The van der Waals surface area contributed by atoms with Crippen LogP contribution in [-0.2, 0) is 4.74 Å². The van der Waals surface area contributed by atoms with Crippen molar-refractivity contribution in [1.82, 2.24) is 14.9 Å². The van der Waals surface area contributed by atoms with Gasteiger partial charge in [-0.3, -0.25) is 0 Å². The van der Waals surface area contributed by atoms with Gasteiger partial charge in [-0.25, -0.2) is 19.2 Å². The largest absolute Gasteiger partial charge is 0.444 e. The zero-order chi connectivity index (χ0) is 25.5. The van der Waals surface area contributed by atoms with Crippen molar-refractivity contribution in [2.75, 3.05) is 18.4 Å². The molecule has 1 aliphatic heterocycles. The van der Waals surface area contributed by atoms with Crippen LogP contribution in [0.1, 0.15) is 32.3 Å². The summed E-state index contributed by atoms with van der Waals surface area (Å²) in [5, 5.41) is 3.09. The van der Waals surface area contributed by atoms with Crippen LogP contribution in [0.25, 0.3) is 10.9 Å². The van der Waals surface area contributed by atoms with Gasteiger partial charge >= 0.3 is 12.7 Å². The minimum Gasteiger partial charge on any atom is -0.444 e. The van der Waals surface area contributed by atoms with Gasteiger partial charge in [-0.15, -0.1) is 0 Å². The molecule has 3 aromatic rings. The normalized spacial score (nSPS) is 14.3. The van der Waals surface area contributed by atoms with E-state index in [0.29, 0.717) is 16.5 Å². The lowest BCUT2D eigenvalue weighted by Gasteiger charge is -2.40. The zero-order valence-corrected chi connectivity index (χ0v) is 20.4. The number of carbonyl (C=O) groups excluding carboxylic acids is 1. The molecule has 1 aromatic heterocycles. The van der Waals surface area contributed by atoms with Gasteiger partial charge in [0.05, 0.1) is 21.2 Å². The predicted molar refractivity (Wildman–Crippen MR) is 126 cm³/mol.